The second-order valence-corrected chi connectivity index (χ2v) is 8.58. The molecule has 0 unspecified atom stereocenters. The van der Waals surface area contributed by atoms with Gasteiger partial charge in [-0.15, -0.1) is 0 Å². The van der Waals surface area contributed by atoms with Crippen LogP contribution in [0.25, 0.3) is 5.76 Å². The number of benzene rings is 2. The number of hydrogen-bond acceptors (Lipinski definition) is 8. The van der Waals surface area contributed by atoms with E-state index < -0.39 is 22.7 Å². The number of likely N-dealkylation sites (tertiary alicyclic amines) is 1. The Labute approximate surface area is 208 Å². The van der Waals surface area contributed by atoms with Crippen molar-refractivity contribution < 1.29 is 29.1 Å². The van der Waals surface area contributed by atoms with Crippen molar-refractivity contribution in [2.75, 3.05) is 39.4 Å². The molecule has 1 N–H and O–H groups in total. The average Bonchev–Trinajstić information content (AvgIpc) is 3.15. The summed E-state index contributed by atoms with van der Waals surface area (Å²) in [6, 6.07) is 9.62. The van der Waals surface area contributed by atoms with Crippen molar-refractivity contribution in [1.82, 2.24) is 9.80 Å². The summed E-state index contributed by atoms with van der Waals surface area (Å²) in [6.07, 6.45) is 0.601. The molecular formula is C26H29N3O7. The quantitative estimate of drug-likeness (QED) is 0.184. The number of non-ortho nitro benzene ring substituents is 1. The highest BCUT2D eigenvalue weighted by Crippen LogP contribution is 2.41. The SMILES string of the molecule is CCN(CC)CCCN1C(=O)C(=O)/C(=C(/O)c2ccc3c(c2)OCCO3)[C@@H]1c1cccc([N+](=O)[O-])c1. The first-order valence-corrected chi connectivity index (χ1v) is 12.0. The number of carbonyl (C=O) groups excluding carboxylic acids is 2. The van der Waals surface area contributed by atoms with E-state index in [1.165, 1.54) is 23.1 Å². The van der Waals surface area contributed by atoms with Crippen LogP contribution in [0.4, 0.5) is 5.69 Å². The van der Waals surface area contributed by atoms with Crippen LogP contribution in [0, 0.1) is 10.1 Å². The molecule has 10 nitrogen and oxygen atoms in total. The van der Waals surface area contributed by atoms with Gasteiger partial charge in [-0.1, -0.05) is 26.0 Å². The monoisotopic (exact) mass is 495 g/mol. The van der Waals surface area contributed by atoms with Crippen molar-refractivity contribution in [2.45, 2.75) is 26.3 Å². The molecule has 2 aromatic carbocycles. The summed E-state index contributed by atoms with van der Waals surface area (Å²) >= 11 is 0. The molecule has 10 heteroatoms. The molecule has 190 valence electrons. The molecule has 4 rings (SSSR count). The normalized spacial score (nSPS) is 18.6. The van der Waals surface area contributed by atoms with Crippen LogP contribution in [0.3, 0.4) is 0 Å². The zero-order valence-corrected chi connectivity index (χ0v) is 20.3. The maximum atomic E-state index is 13.2. The first kappa shape index (κ1) is 25.2. The molecule has 1 amide bonds. The van der Waals surface area contributed by atoms with E-state index in [4.69, 9.17) is 9.47 Å². The molecule has 1 atom stereocenters. The molecule has 0 aromatic heterocycles. The van der Waals surface area contributed by atoms with Crippen LogP contribution < -0.4 is 9.47 Å². The van der Waals surface area contributed by atoms with Crippen LogP contribution in [0.15, 0.2) is 48.0 Å². The first-order valence-electron chi connectivity index (χ1n) is 12.0. The summed E-state index contributed by atoms with van der Waals surface area (Å²) in [4.78, 5) is 40.9. The van der Waals surface area contributed by atoms with Gasteiger partial charge in [0.1, 0.15) is 19.0 Å². The highest BCUT2D eigenvalue weighted by atomic mass is 16.6. The molecule has 1 fully saturated rings. The number of ketones is 1. The van der Waals surface area contributed by atoms with E-state index >= 15 is 0 Å². The van der Waals surface area contributed by atoms with Crippen LogP contribution in [0.1, 0.15) is 37.4 Å². The predicted octanol–water partition coefficient (Wildman–Crippen LogP) is 3.52. The maximum Gasteiger partial charge on any atom is 0.295 e. The van der Waals surface area contributed by atoms with Gasteiger partial charge in [-0.25, -0.2) is 0 Å². The molecule has 2 heterocycles. The van der Waals surface area contributed by atoms with Gasteiger partial charge in [0.15, 0.2) is 11.5 Å². The molecule has 36 heavy (non-hydrogen) atoms. The number of carbonyl (C=O) groups is 2. The number of nitrogens with zero attached hydrogens (tertiary/aromatic N) is 3. The minimum atomic E-state index is -0.963. The van der Waals surface area contributed by atoms with E-state index in [-0.39, 0.29) is 29.1 Å². The number of Topliss-reactive ketones (excluding diaryl/α,β-unsaturated/α-hetero) is 1. The van der Waals surface area contributed by atoms with Crippen LogP contribution >= 0.6 is 0 Å². The molecule has 0 spiro atoms. The Morgan fingerprint density at radius 3 is 2.53 bits per heavy atom. The van der Waals surface area contributed by atoms with Gasteiger partial charge in [-0.3, -0.25) is 19.7 Å². The van der Waals surface area contributed by atoms with E-state index in [2.05, 4.69) is 4.90 Å². The average molecular weight is 496 g/mol. The zero-order chi connectivity index (χ0) is 25.8. The Hall–Kier alpha value is -3.92. The van der Waals surface area contributed by atoms with Gasteiger partial charge < -0.3 is 24.4 Å². The van der Waals surface area contributed by atoms with Crippen LogP contribution in [0.5, 0.6) is 11.5 Å². The van der Waals surface area contributed by atoms with Crippen molar-refractivity contribution in [3.8, 4) is 11.5 Å². The Morgan fingerprint density at radius 1 is 1.11 bits per heavy atom. The highest BCUT2D eigenvalue weighted by molar-refractivity contribution is 6.46. The smallest absolute Gasteiger partial charge is 0.295 e. The second kappa shape index (κ2) is 10.8. The Balaban J connectivity index is 1.77. The third kappa shape index (κ3) is 4.90. The number of hydrogen-bond donors (Lipinski definition) is 1. The fourth-order valence-corrected chi connectivity index (χ4v) is 4.62. The summed E-state index contributed by atoms with van der Waals surface area (Å²) in [5.74, 6) is -1.00. The van der Waals surface area contributed by atoms with Crippen molar-refractivity contribution in [3.05, 3.63) is 69.3 Å². The largest absolute Gasteiger partial charge is 0.507 e. The molecule has 2 aliphatic rings. The predicted molar refractivity (Wildman–Crippen MR) is 132 cm³/mol. The van der Waals surface area contributed by atoms with Gasteiger partial charge in [0.2, 0.25) is 0 Å². The summed E-state index contributed by atoms with van der Waals surface area (Å²) in [6.45, 7) is 7.54. The van der Waals surface area contributed by atoms with Gasteiger partial charge in [-0.05, 0) is 49.8 Å². The minimum absolute atomic E-state index is 0.111. The van der Waals surface area contributed by atoms with Crippen molar-refractivity contribution in [1.29, 1.82) is 0 Å². The fourth-order valence-electron chi connectivity index (χ4n) is 4.62. The number of aliphatic hydroxyl groups excluding tert-OH is 1. The molecule has 0 radical (unpaired) electrons. The lowest BCUT2D eigenvalue weighted by Gasteiger charge is -2.26. The molecular weight excluding hydrogens is 466 g/mol. The minimum Gasteiger partial charge on any atom is -0.507 e. The van der Waals surface area contributed by atoms with Gasteiger partial charge in [-0.2, -0.15) is 0 Å². The van der Waals surface area contributed by atoms with Crippen molar-refractivity contribution in [3.63, 3.8) is 0 Å². The van der Waals surface area contributed by atoms with Gasteiger partial charge >= 0.3 is 0 Å². The maximum absolute atomic E-state index is 13.2. The van der Waals surface area contributed by atoms with Crippen LogP contribution in [-0.2, 0) is 9.59 Å². The molecule has 0 aliphatic carbocycles. The van der Waals surface area contributed by atoms with Gasteiger partial charge in [0.25, 0.3) is 17.4 Å². The highest BCUT2D eigenvalue weighted by Gasteiger charge is 2.46. The number of fused-ring (bicyclic) bond motifs is 1. The van der Waals surface area contributed by atoms with Crippen molar-refractivity contribution in [2.24, 2.45) is 0 Å². The third-order valence-corrected chi connectivity index (χ3v) is 6.52. The third-order valence-electron chi connectivity index (χ3n) is 6.52. The van der Waals surface area contributed by atoms with E-state index in [9.17, 15) is 24.8 Å². The van der Waals surface area contributed by atoms with E-state index in [1.807, 2.05) is 13.8 Å². The number of nitro benzene ring substituents is 1. The number of aliphatic hydroxyl groups is 1. The van der Waals surface area contributed by atoms with Crippen LogP contribution in [-0.4, -0.2) is 70.9 Å². The van der Waals surface area contributed by atoms with E-state index in [1.54, 1.807) is 24.3 Å². The molecule has 2 aromatic rings. The lowest BCUT2D eigenvalue weighted by atomic mass is 9.94. The Morgan fingerprint density at radius 2 is 1.83 bits per heavy atom. The number of ether oxygens (including phenoxy) is 2. The van der Waals surface area contributed by atoms with Crippen molar-refractivity contribution >= 4 is 23.1 Å². The summed E-state index contributed by atoms with van der Waals surface area (Å²) < 4.78 is 11.1. The van der Waals surface area contributed by atoms with Crippen LogP contribution in [0.2, 0.25) is 0 Å². The van der Waals surface area contributed by atoms with E-state index in [0.717, 1.165) is 19.6 Å². The molecule has 0 bridgehead atoms. The summed E-state index contributed by atoms with van der Waals surface area (Å²) in [7, 11) is 0. The lowest BCUT2D eigenvalue weighted by Crippen LogP contribution is -2.33. The lowest BCUT2D eigenvalue weighted by molar-refractivity contribution is -0.384. The van der Waals surface area contributed by atoms with E-state index in [0.29, 0.717) is 36.7 Å². The number of amides is 1. The zero-order valence-electron chi connectivity index (χ0n) is 20.3. The molecule has 0 saturated carbocycles. The summed E-state index contributed by atoms with van der Waals surface area (Å²) in [5, 5.41) is 22.7. The van der Waals surface area contributed by atoms with Gasteiger partial charge in [0.05, 0.1) is 16.5 Å². The standard InChI is InChI=1S/C26H29N3O7/c1-3-27(4-2)11-6-12-28-23(17-7-5-8-19(15-17)29(33)34)22(25(31)26(28)32)24(30)18-9-10-20-21(16-18)36-14-13-35-20/h5,7-10,15-16,23,30H,3-4,6,11-14H2,1-2H3/b24-22+/t23-/m0/s1. The molecule has 2 aliphatic heterocycles. The first-order chi connectivity index (χ1) is 17.3. The number of rotatable bonds is 9. The summed E-state index contributed by atoms with van der Waals surface area (Å²) in [5.41, 5.74) is 0.390. The topological polar surface area (TPSA) is 122 Å². The fraction of sp³-hybridized carbons (Fsp3) is 0.385. The Kier molecular flexibility index (Phi) is 7.54. The number of nitro groups is 1. The second-order valence-electron chi connectivity index (χ2n) is 8.58. The van der Waals surface area contributed by atoms with Gasteiger partial charge in [0, 0.05) is 24.2 Å². The molecule has 1 saturated heterocycles. The Bertz CT molecular complexity index is 1210.